The Bertz CT molecular complexity index is 1670. The normalized spacial score (nSPS) is 17.0. The molecule has 0 unspecified atom stereocenters. The maximum atomic E-state index is 5.23. The van der Waals surface area contributed by atoms with Gasteiger partial charge in [0.15, 0.2) is 0 Å². The molecule has 3 aromatic carbocycles. The molecule has 3 aromatic rings. The summed E-state index contributed by atoms with van der Waals surface area (Å²) < 4.78 is 2.32. The highest BCUT2D eigenvalue weighted by Gasteiger charge is 2.39. The zero-order chi connectivity index (χ0) is 28.2. The Morgan fingerprint density at radius 2 is 1.47 bits per heavy atom. The zero-order valence-electron chi connectivity index (χ0n) is 24.9. The van der Waals surface area contributed by atoms with Crippen molar-refractivity contribution in [2.24, 2.45) is 4.99 Å². The Kier molecular flexibility index (Phi) is 9.11. The summed E-state index contributed by atoms with van der Waals surface area (Å²) >= 11 is 0. The fourth-order valence-corrected chi connectivity index (χ4v) is 7.32. The number of para-hydroxylation sites is 4. The highest BCUT2D eigenvalue weighted by molar-refractivity contribution is 5.85. The maximum Gasteiger partial charge on any atom is 0.0900 e. The van der Waals surface area contributed by atoms with Gasteiger partial charge in [0, 0.05) is 23.5 Å². The standard InChI is InChI=1S/C37H41N5.ClH/c1-3-15-29(16-4-1)39-33-27-34-36(42(30-17-5-2-6-18-30)35-20-8-7-19-31(35)40-34)28-32(33)38-24-12-9-21-37-22-10-13-25-41(37)26-14-11-23-37;/h1-8,15-20,27-28,39H,9-14,21-26H2;1H. The van der Waals surface area contributed by atoms with Gasteiger partial charge in [-0.1, -0.05) is 61.4 Å². The smallest absolute Gasteiger partial charge is 0.0900 e. The molecule has 2 fully saturated rings. The Labute approximate surface area is 261 Å². The van der Waals surface area contributed by atoms with Gasteiger partial charge < -0.3 is 9.88 Å². The number of unbranched alkanes of at least 4 members (excludes halogenated alkanes) is 1. The van der Waals surface area contributed by atoms with Crippen LogP contribution in [0.5, 0.6) is 0 Å². The van der Waals surface area contributed by atoms with E-state index in [4.69, 9.17) is 9.98 Å². The van der Waals surface area contributed by atoms with Crippen molar-refractivity contribution in [3.8, 4) is 17.1 Å². The molecule has 0 amide bonds. The van der Waals surface area contributed by atoms with Gasteiger partial charge in [-0.05, 0) is 107 Å². The number of hydrogen-bond donors (Lipinski definition) is 1. The third-order valence-corrected chi connectivity index (χ3v) is 9.41. The summed E-state index contributed by atoms with van der Waals surface area (Å²) in [7, 11) is 0. The number of halogens is 1. The highest BCUT2D eigenvalue weighted by atomic mass is 35.5. The first-order valence-electron chi connectivity index (χ1n) is 15.9. The number of benzene rings is 4. The molecule has 0 bridgehead atoms. The predicted octanol–water partition coefficient (Wildman–Crippen LogP) is 8.78. The van der Waals surface area contributed by atoms with Crippen LogP contribution in [0.4, 0.5) is 11.4 Å². The monoisotopic (exact) mass is 591 g/mol. The minimum absolute atomic E-state index is 0. The average molecular weight is 592 g/mol. The van der Waals surface area contributed by atoms with Crippen LogP contribution in [0.2, 0.25) is 0 Å². The summed E-state index contributed by atoms with van der Waals surface area (Å²) in [5.74, 6) is 0. The van der Waals surface area contributed by atoms with Gasteiger partial charge in [0.05, 0.1) is 33.5 Å². The second-order valence-corrected chi connectivity index (χ2v) is 12.1. The average Bonchev–Trinajstić information content (AvgIpc) is 3.04. The SMILES string of the molecule is Cl.c1ccc(Nc2cc3nc4ccccc4n(-c4ccccc4)c-3cc2=NCCCCC23CCCCN2CCCC3)cc1. The van der Waals surface area contributed by atoms with E-state index >= 15 is 0 Å². The molecule has 3 aliphatic heterocycles. The second kappa shape index (κ2) is 13.3. The van der Waals surface area contributed by atoms with E-state index in [2.05, 4.69) is 106 Å². The molecule has 7 rings (SSSR count). The van der Waals surface area contributed by atoms with Gasteiger partial charge in [-0.15, -0.1) is 12.4 Å². The van der Waals surface area contributed by atoms with Crippen LogP contribution in [-0.4, -0.2) is 39.6 Å². The van der Waals surface area contributed by atoms with Crippen LogP contribution in [0.25, 0.3) is 28.1 Å². The summed E-state index contributed by atoms with van der Waals surface area (Å²) in [6, 6.07) is 33.8. The topological polar surface area (TPSA) is 45.5 Å². The van der Waals surface area contributed by atoms with Crippen molar-refractivity contribution in [2.75, 3.05) is 25.0 Å². The minimum atomic E-state index is 0. The van der Waals surface area contributed by atoms with Crippen LogP contribution >= 0.6 is 12.4 Å². The van der Waals surface area contributed by atoms with Crippen molar-refractivity contribution >= 4 is 34.8 Å². The molecule has 6 heteroatoms. The van der Waals surface area contributed by atoms with Crippen molar-refractivity contribution in [1.82, 2.24) is 14.5 Å². The Hall–Kier alpha value is -3.67. The van der Waals surface area contributed by atoms with E-state index in [1.807, 2.05) is 6.07 Å². The van der Waals surface area contributed by atoms with Crippen molar-refractivity contribution < 1.29 is 0 Å². The molecule has 43 heavy (non-hydrogen) atoms. The molecule has 1 aliphatic carbocycles. The third kappa shape index (κ3) is 6.20. The van der Waals surface area contributed by atoms with E-state index in [9.17, 15) is 0 Å². The quantitative estimate of drug-likeness (QED) is 0.145. The minimum Gasteiger partial charge on any atom is -0.354 e. The van der Waals surface area contributed by atoms with E-state index in [0.29, 0.717) is 5.54 Å². The predicted molar refractivity (Wildman–Crippen MR) is 181 cm³/mol. The van der Waals surface area contributed by atoms with Gasteiger partial charge in [-0.3, -0.25) is 9.89 Å². The lowest BCUT2D eigenvalue weighted by Gasteiger charge is -2.51. The Morgan fingerprint density at radius 1 is 0.767 bits per heavy atom. The zero-order valence-corrected chi connectivity index (χ0v) is 25.7. The number of nitrogens with one attached hydrogen (secondary N) is 1. The fourth-order valence-electron chi connectivity index (χ4n) is 7.32. The molecular weight excluding hydrogens is 550 g/mol. The molecule has 5 nitrogen and oxygen atoms in total. The number of anilines is 2. The number of aromatic nitrogens is 2. The first-order valence-corrected chi connectivity index (χ1v) is 15.9. The maximum absolute atomic E-state index is 5.23. The fraction of sp³-hybridized carbons (Fsp3) is 0.351. The van der Waals surface area contributed by atoms with Gasteiger partial charge >= 0.3 is 0 Å². The van der Waals surface area contributed by atoms with E-state index in [-0.39, 0.29) is 12.4 Å². The molecule has 0 atom stereocenters. The summed E-state index contributed by atoms with van der Waals surface area (Å²) in [4.78, 5) is 13.2. The van der Waals surface area contributed by atoms with Crippen molar-refractivity contribution in [2.45, 2.75) is 63.3 Å². The first kappa shape index (κ1) is 29.4. The van der Waals surface area contributed by atoms with E-state index in [0.717, 1.165) is 57.8 Å². The molecule has 4 aliphatic rings. The van der Waals surface area contributed by atoms with Gasteiger partial charge in [0.2, 0.25) is 0 Å². The third-order valence-electron chi connectivity index (χ3n) is 9.41. The molecule has 222 valence electrons. The second-order valence-electron chi connectivity index (χ2n) is 12.1. The van der Waals surface area contributed by atoms with E-state index in [1.165, 1.54) is 64.5 Å². The van der Waals surface area contributed by atoms with Gasteiger partial charge in [-0.2, -0.15) is 0 Å². The molecule has 3 heterocycles. The number of piperidine rings is 2. The van der Waals surface area contributed by atoms with Crippen LogP contribution in [-0.2, 0) is 0 Å². The molecule has 0 aromatic heterocycles. The number of rotatable bonds is 8. The number of hydrogen-bond acceptors (Lipinski definition) is 4. The van der Waals surface area contributed by atoms with Crippen LogP contribution in [0.1, 0.15) is 57.8 Å². The number of nitrogens with zero attached hydrogens (tertiary/aromatic N) is 4. The van der Waals surface area contributed by atoms with Gasteiger partial charge in [-0.25, -0.2) is 4.98 Å². The summed E-state index contributed by atoms with van der Waals surface area (Å²) in [6.45, 7) is 3.44. The van der Waals surface area contributed by atoms with Crippen LogP contribution < -0.4 is 10.7 Å². The van der Waals surface area contributed by atoms with Crippen LogP contribution in [0, 0.1) is 0 Å². The molecule has 2 saturated heterocycles. The highest BCUT2D eigenvalue weighted by Crippen LogP contribution is 2.40. The van der Waals surface area contributed by atoms with Gasteiger partial charge in [0.25, 0.3) is 0 Å². The molecule has 1 N–H and O–H groups in total. The number of fused-ring (bicyclic) bond motifs is 3. The molecular formula is C37H42ClN5. The van der Waals surface area contributed by atoms with E-state index < -0.39 is 0 Å². The lowest BCUT2D eigenvalue weighted by Crippen LogP contribution is -2.54. The van der Waals surface area contributed by atoms with Gasteiger partial charge in [0.1, 0.15) is 0 Å². The van der Waals surface area contributed by atoms with E-state index in [1.54, 1.807) is 0 Å². The summed E-state index contributed by atoms with van der Waals surface area (Å²) in [5, 5.41) is 4.64. The molecule has 0 spiro atoms. The summed E-state index contributed by atoms with van der Waals surface area (Å²) in [6.07, 6.45) is 12.0. The Balaban J connectivity index is 0.00000329. The molecule has 0 saturated carbocycles. The van der Waals surface area contributed by atoms with Crippen LogP contribution in [0.15, 0.2) is 102 Å². The lowest BCUT2D eigenvalue weighted by atomic mass is 9.76. The van der Waals surface area contributed by atoms with Crippen molar-refractivity contribution in [1.29, 1.82) is 0 Å². The van der Waals surface area contributed by atoms with Crippen molar-refractivity contribution in [3.05, 3.63) is 102 Å². The Morgan fingerprint density at radius 3 is 2.23 bits per heavy atom. The first-order chi connectivity index (χ1) is 20.8. The lowest BCUT2D eigenvalue weighted by molar-refractivity contribution is 0.00364. The van der Waals surface area contributed by atoms with Crippen LogP contribution in [0.3, 0.4) is 0 Å². The van der Waals surface area contributed by atoms with Crippen molar-refractivity contribution in [3.63, 3.8) is 0 Å². The summed E-state index contributed by atoms with van der Waals surface area (Å²) in [5.41, 5.74) is 7.73. The molecule has 0 radical (unpaired) electrons. The largest absolute Gasteiger partial charge is 0.354 e.